The summed E-state index contributed by atoms with van der Waals surface area (Å²) < 4.78 is 5.44. The van der Waals surface area contributed by atoms with Gasteiger partial charge in [-0.3, -0.25) is 4.90 Å². The van der Waals surface area contributed by atoms with Crippen LogP contribution >= 0.6 is 0 Å². The van der Waals surface area contributed by atoms with Crippen LogP contribution in [0.25, 0.3) is 0 Å². The summed E-state index contributed by atoms with van der Waals surface area (Å²) in [6.45, 7) is 7.47. The van der Waals surface area contributed by atoms with E-state index in [-0.39, 0.29) is 0 Å². The van der Waals surface area contributed by atoms with E-state index in [0.29, 0.717) is 18.1 Å². The fourth-order valence-electron chi connectivity index (χ4n) is 3.14. The third-order valence-corrected chi connectivity index (χ3v) is 4.41. The van der Waals surface area contributed by atoms with Crippen LogP contribution in [-0.4, -0.2) is 43.8 Å². The number of hydrogen-bond acceptors (Lipinski definition) is 3. The lowest BCUT2D eigenvalue weighted by atomic mass is 9.97. The summed E-state index contributed by atoms with van der Waals surface area (Å²) in [7, 11) is 1.81. The number of rotatable bonds is 6. The van der Waals surface area contributed by atoms with Crippen LogP contribution in [0.15, 0.2) is 30.3 Å². The van der Waals surface area contributed by atoms with Gasteiger partial charge in [0.15, 0.2) is 0 Å². The Morgan fingerprint density at radius 2 is 2.05 bits per heavy atom. The van der Waals surface area contributed by atoms with E-state index in [1.807, 2.05) is 0 Å². The fourth-order valence-corrected chi connectivity index (χ4v) is 3.14. The lowest BCUT2D eigenvalue weighted by Gasteiger charge is -2.44. The number of piperazine rings is 1. The summed E-state index contributed by atoms with van der Waals surface area (Å²) in [6.07, 6.45) is 2.31. The first-order valence-electron chi connectivity index (χ1n) is 7.83. The Hall–Kier alpha value is -0.900. The van der Waals surface area contributed by atoms with Crippen molar-refractivity contribution in [3.05, 3.63) is 35.9 Å². The molecule has 1 saturated heterocycles. The highest BCUT2D eigenvalue weighted by molar-refractivity contribution is 5.20. The van der Waals surface area contributed by atoms with Gasteiger partial charge in [0, 0.05) is 38.3 Å². The highest BCUT2D eigenvalue weighted by atomic mass is 16.5. The maximum atomic E-state index is 5.44. The van der Waals surface area contributed by atoms with Crippen molar-refractivity contribution < 1.29 is 4.74 Å². The van der Waals surface area contributed by atoms with Crippen molar-refractivity contribution in [2.75, 3.05) is 26.8 Å². The first-order valence-corrected chi connectivity index (χ1v) is 7.83. The van der Waals surface area contributed by atoms with Gasteiger partial charge in [0.2, 0.25) is 0 Å². The molecule has 1 aliphatic rings. The SMILES string of the molecule is CCC1CN(C(CC)COC)C(c2ccccc2)CN1. The van der Waals surface area contributed by atoms with Gasteiger partial charge in [0.05, 0.1) is 6.61 Å². The molecule has 0 spiro atoms. The lowest BCUT2D eigenvalue weighted by Crippen LogP contribution is -2.56. The number of benzene rings is 1. The minimum Gasteiger partial charge on any atom is -0.383 e. The van der Waals surface area contributed by atoms with E-state index in [1.165, 1.54) is 12.0 Å². The molecule has 112 valence electrons. The van der Waals surface area contributed by atoms with Gasteiger partial charge in [0.25, 0.3) is 0 Å². The maximum absolute atomic E-state index is 5.44. The van der Waals surface area contributed by atoms with Crippen LogP contribution in [0.2, 0.25) is 0 Å². The van der Waals surface area contributed by atoms with Crippen LogP contribution in [0.5, 0.6) is 0 Å². The Kier molecular flexibility index (Phi) is 6.02. The Balaban J connectivity index is 2.19. The summed E-state index contributed by atoms with van der Waals surface area (Å²) in [5.41, 5.74) is 1.41. The first kappa shape index (κ1) is 15.5. The molecular weight excluding hydrogens is 248 g/mol. The van der Waals surface area contributed by atoms with E-state index in [9.17, 15) is 0 Å². The second-order valence-electron chi connectivity index (χ2n) is 5.65. The van der Waals surface area contributed by atoms with Crippen LogP contribution in [-0.2, 0) is 4.74 Å². The summed E-state index contributed by atoms with van der Waals surface area (Å²) in [5.74, 6) is 0. The van der Waals surface area contributed by atoms with Gasteiger partial charge in [-0.25, -0.2) is 0 Å². The third kappa shape index (κ3) is 3.60. The summed E-state index contributed by atoms with van der Waals surface area (Å²) >= 11 is 0. The van der Waals surface area contributed by atoms with Crippen LogP contribution in [0, 0.1) is 0 Å². The van der Waals surface area contributed by atoms with Crippen molar-refractivity contribution in [3.8, 4) is 0 Å². The molecule has 3 nitrogen and oxygen atoms in total. The molecule has 20 heavy (non-hydrogen) atoms. The van der Waals surface area contributed by atoms with Gasteiger partial charge in [-0.15, -0.1) is 0 Å². The quantitative estimate of drug-likeness (QED) is 0.864. The van der Waals surface area contributed by atoms with Crippen molar-refractivity contribution in [1.82, 2.24) is 10.2 Å². The number of nitrogens with one attached hydrogen (secondary N) is 1. The van der Waals surface area contributed by atoms with E-state index in [2.05, 4.69) is 54.4 Å². The number of methoxy groups -OCH3 is 1. The molecule has 0 aromatic heterocycles. The summed E-state index contributed by atoms with van der Waals surface area (Å²) in [4.78, 5) is 2.64. The average molecular weight is 276 g/mol. The summed E-state index contributed by atoms with van der Waals surface area (Å²) in [6, 6.07) is 12.4. The lowest BCUT2D eigenvalue weighted by molar-refractivity contribution is 0.0300. The van der Waals surface area contributed by atoms with Gasteiger partial charge < -0.3 is 10.1 Å². The Morgan fingerprint density at radius 1 is 1.30 bits per heavy atom. The molecule has 1 N–H and O–H groups in total. The molecule has 0 saturated carbocycles. The van der Waals surface area contributed by atoms with Gasteiger partial charge in [0.1, 0.15) is 0 Å². The zero-order chi connectivity index (χ0) is 14.4. The Morgan fingerprint density at radius 3 is 2.65 bits per heavy atom. The highest BCUT2D eigenvalue weighted by Gasteiger charge is 2.32. The summed E-state index contributed by atoms with van der Waals surface area (Å²) in [5, 5.41) is 3.69. The normalized spacial score (nSPS) is 25.6. The highest BCUT2D eigenvalue weighted by Crippen LogP contribution is 2.27. The Bertz CT molecular complexity index is 382. The molecule has 1 aromatic carbocycles. The topological polar surface area (TPSA) is 24.5 Å². The maximum Gasteiger partial charge on any atom is 0.0618 e. The molecule has 1 aromatic rings. The van der Waals surface area contributed by atoms with Crippen molar-refractivity contribution in [2.24, 2.45) is 0 Å². The zero-order valence-corrected chi connectivity index (χ0v) is 13.0. The molecule has 1 fully saturated rings. The molecule has 1 heterocycles. The van der Waals surface area contributed by atoms with Gasteiger partial charge in [-0.2, -0.15) is 0 Å². The van der Waals surface area contributed by atoms with Crippen LogP contribution in [0.1, 0.15) is 38.3 Å². The molecule has 0 radical (unpaired) electrons. The van der Waals surface area contributed by atoms with E-state index >= 15 is 0 Å². The molecule has 0 amide bonds. The molecule has 3 atom stereocenters. The van der Waals surface area contributed by atoms with Crippen molar-refractivity contribution in [1.29, 1.82) is 0 Å². The standard InChI is InChI=1S/C17H28N2O/c1-4-15-12-19(16(5-2)13-20-3)17(11-18-15)14-9-7-6-8-10-14/h6-10,15-18H,4-5,11-13H2,1-3H3. The van der Waals surface area contributed by atoms with E-state index < -0.39 is 0 Å². The van der Waals surface area contributed by atoms with Crippen molar-refractivity contribution in [2.45, 2.75) is 44.8 Å². The molecule has 3 heteroatoms. The van der Waals surface area contributed by atoms with Crippen LogP contribution < -0.4 is 5.32 Å². The van der Waals surface area contributed by atoms with Crippen LogP contribution in [0.3, 0.4) is 0 Å². The monoisotopic (exact) mass is 276 g/mol. The third-order valence-electron chi connectivity index (χ3n) is 4.41. The average Bonchev–Trinajstić information content (AvgIpc) is 2.53. The van der Waals surface area contributed by atoms with E-state index in [4.69, 9.17) is 4.74 Å². The van der Waals surface area contributed by atoms with Gasteiger partial charge >= 0.3 is 0 Å². The number of ether oxygens (including phenoxy) is 1. The van der Waals surface area contributed by atoms with Gasteiger partial charge in [-0.1, -0.05) is 44.2 Å². The molecular formula is C17H28N2O. The minimum absolute atomic E-state index is 0.457. The molecule has 2 rings (SSSR count). The zero-order valence-electron chi connectivity index (χ0n) is 13.0. The molecule has 1 aliphatic heterocycles. The minimum atomic E-state index is 0.457. The second-order valence-corrected chi connectivity index (χ2v) is 5.65. The van der Waals surface area contributed by atoms with Gasteiger partial charge in [-0.05, 0) is 18.4 Å². The smallest absolute Gasteiger partial charge is 0.0618 e. The molecule has 3 unspecified atom stereocenters. The molecule has 0 bridgehead atoms. The van der Waals surface area contributed by atoms with Crippen LogP contribution in [0.4, 0.5) is 0 Å². The first-order chi connectivity index (χ1) is 9.80. The fraction of sp³-hybridized carbons (Fsp3) is 0.647. The number of nitrogens with zero attached hydrogens (tertiary/aromatic N) is 1. The largest absolute Gasteiger partial charge is 0.383 e. The van der Waals surface area contributed by atoms with Crippen molar-refractivity contribution in [3.63, 3.8) is 0 Å². The number of hydrogen-bond donors (Lipinski definition) is 1. The van der Waals surface area contributed by atoms with E-state index in [1.54, 1.807) is 7.11 Å². The van der Waals surface area contributed by atoms with Crippen molar-refractivity contribution >= 4 is 0 Å². The molecule has 0 aliphatic carbocycles. The second kappa shape index (κ2) is 7.77. The predicted octanol–water partition coefficient (Wildman–Crippen LogP) is 2.84. The Labute approximate surface area is 123 Å². The predicted molar refractivity (Wildman–Crippen MR) is 83.9 cm³/mol. The van der Waals surface area contributed by atoms with E-state index in [0.717, 1.165) is 26.1 Å².